The first kappa shape index (κ1) is 13.1. The van der Waals surface area contributed by atoms with Crippen LogP contribution in [0.15, 0.2) is 18.2 Å². The maximum Gasteiger partial charge on any atom is 0.311 e. The zero-order valence-electron chi connectivity index (χ0n) is 11.1. The molecule has 0 spiro atoms. The van der Waals surface area contributed by atoms with Gasteiger partial charge in [-0.2, -0.15) is 0 Å². The summed E-state index contributed by atoms with van der Waals surface area (Å²) in [6.07, 6.45) is 2.54. The molecule has 3 N–H and O–H groups in total. The Morgan fingerprint density at radius 3 is 2.28 bits per heavy atom. The molecule has 0 heterocycles. The van der Waals surface area contributed by atoms with Gasteiger partial charge in [0.05, 0.1) is 5.41 Å². The van der Waals surface area contributed by atoms with E-state index < -0.39 is 11.4 Å². The second kappa shape index (κ2) is 4.73. The lowest BCUT2D eigenvalue weighted by molar-refractivity contribution is -0.149. The van der Waals surface area contributed by atoms with Crippen molar-refractivity contribution < 1.29 is 9.90 Å². The molecule has 0 bridgehead atoms. The highest BCUT2D eigenvalue weighted by atomic mass is 16.4. The van der Waals surface area contributed by atoms with Gasteiger partial charge in [0.25, 0.3) is 0 Å². The largest absolute Gasteiger partial charge is 0.481 e. The van der Waals surface area contributed by atoms with Gasteiger partial charge in [-0.05, 0) is 44.6 Å². The second-order valence-electron chi connectivity index (χ2n) is 5.61. The number of carbonyl (C=O) groups is 1. The molecule has 1 atom stereocenters. The zero-order valence-corrected chi connectivity index (χ0v) is 11.1. The van der Waals surface area contributed by atoms with E-state index in [1.807, 2.05) is 13.8 Å². The number of hydrogen-bond acceptors (Lipinski definition) is 2. The Kier molecular flexibility index (Phi) is 3.44. The van der Waals surface area contributed by atoms with Gasteiger partial charge in [-0.3, -0.25) is 4.79 Å². The molecule has 98 valence electrons. The minimum absolute atomic E-state index is 0.222. The Morgan fingerprint density at radius 1 is 1.33 bits per heavy atom. The van der Waals surface area contributed by atoms with Crippen LogP contribution in [0.25, 0.3) is 0 Å². The molecule has 1 unspecified atom stereocenters. The highest BCUT2D eigenvalue weighted by Gasteiger charge is 2.50. The van der Waals surface area contributed by atoms with Crippen molar-refractivity contribution in [3.8, 4) is 0 Å². The second-order valence-corrected chi connectivity index (χ2v) is 5.61. The SMILES string of the molecule is Cc1cc(C)cc(CC(CN)(C(=O)O)C2CC2)c1. The average Bonchev–Trinajstić information content (AvgIpc) is 3.08. The molecule has 3 nitrogen and oxygen atoms in total. The number of benzene rings is 1. The van der Waals surface area contributed by atoms with Gasteiger partial charge in [0.1, 0.15) is 0 Å². The minimum Gasteiger partial charge on any atom is -0.481 e. The molecular formula is C15H21NO2. The summed E-state index contributed by atoms with van der Waals surface area (Å²) in [4.78, 5) is 11.6. The minimum atomic E-state index is -0.764. The van der Waals surface area contributed by atoms with Crippen LogP contribution in [0.2, 0.25) is 0 Å². The Labute approximate surface area is 108 Å². The fourth-order valence-corrected chi connectivity index (χ4v) is 2.89. The van der Waals surface area contributed by atoms with Crippen molar-refractivity contribution >= 4 is 5.97 Å². The summed E-state index contributed by atoms with van der Waals surface area (Å²) in [5.41, 5.74) is 8.47. The molecule has 2 rings (SSSR count). The lowest BCUT2D eigenvalue weighted by atomic mass is 9.76. The van der Waals surface area contributed by atoms with E-state index in [9.17, 15) is 9.90 Å². The van der Waals surface area contributed by atoms with Crippen molar-refractivity contribution in [1.82, 2.24) is 0 Å². The van der Waals surface area contributed by atoms with Gasteiger partial charge in [0, 0.05) is 6.54 Å². The first-order chi connectivity index (χ1) is 8.48. The van der Waals surface area contributed by atoms with Crippen LogP contribution in [-0.2, 0) is 11.2 Å². The predicted octanol–water partition coefficient (Wildman–Crippen LogP) is 2.29. The van der Waals surface area contributed by atoms with Gasteiger partial charge < -0.3 is 10.8 Å². The number of carboxylic acid groups (broad SMARTS) is 1. The van der Waals surface area contributed by atoms with E-state index >= 15 is 0 Å². The first-order valence-corrected chi connectivity index (χ1v) is 6.48. The number of aryl methyl sites for hydroxylation is 2. The number of rotatable bonds is 5. The fourth-order valence-electron chi connectivity index (χ4n) is 2.89. The number of nitrogens with two attached hydrogens (primary N) is 1. The number of carboxylic acids is 1. The summed E-state index contributed by atoms with van der Waals surface area (Å²) >= 11 is 0. The van der Waals surface area contributed by atoms with Crippen molar-refractivity contribution in [2.75, 3.05) is 6.54 Å². The first-order valence-electron chi connectivity index (χ1n) is 6.48. The Morgan fingerprint density at radius 2 is 1.89 bits per heavy atom. The van der Waals surface area contributed by atoms with Crippen LogP contribution < -0.4 is 5.73 Å². The highest BCUT2D eigenvalue weighted by Crippen LogP contribution is 2.47. The maximum absolute atomic E-state index is 11.6. The molecule has 0 aliphatic heterocycles. The summed E-state index contributed by atoms with van der Waals surface area (Å²) in [6, 6.07) is 6.25. The Hall–Kier alpha value is -1.35. The third kappa shape index (κ3) is 2.41. The zero-order chi connectivity index (χ0) is 13.3. The lowest BCUT2D eigenvalue weighted by Gasteiger charge is -2.28. The normalized spacial score (nSPS) is 18.4. The smallest absolute Gasteiger partial charge is 0.311 e. The molecule has 3 heteroatoms. The van der Waals surface area contributed by atoms with Gasteiger partial charge in [-0.15, -0.1) is 0 Å². The molecule has 0 saturated heterocycles. The maximum atomic E-state index is 11.6. The van der Waals surface area contributed by atoms with Gasteiger partial charge in [-0.1, -0.05) is 29.3 Å². The third-order valence-electron chi connectivity index (χ3n) is 3.95. The predicted molar refractivity (Wildman–Crippen MR) is 71.5 cm³/mol. The summed E-state index contributed by atoms with van der Waals surface area (Å²) < 4.78 is 0. The number of hydrogen-bond donors (Lipinski definition) is 2. The molecule has 0 amide bonds. The van der Waals surface area contributed by atoms with Crippen LogP contribution >= 0.6 is 0 Å². The van der Waals surface area contributed by atoms with E-state index in [4.69, 9.17) is 5.73 Å². The van der Waals surface area contributed by atoms with Crippen LogP contribution in [0.5, 0.6) is 0 Å². The van der Waals surface area contributed by atoms with Crippen LogP contribution in [-0.4, -0.2) is 17.6 Å². The van der Waals surface area contributed by atoms with E-state index in [1.165, 1.54) is 11.1 Å². The van der Waals surface area contributed by atoms with Crippen molar-refractivity contribution in [2.24, 2.45) is 17.1 Å². The van der Waals surface area contributed by atoms with E-state index in [-0.39, 0.29) is 12.5 Å². The van der Waals surface area contributed by atoms with Crippen molar-refractivity contribution in [1.29, 1.82) is 0 Å². The summed E-state index contributed by atoms with van der Waals surface area (Å²) in [6.45, 7) is 4.30. The fraction of sp³-hybridized carbons (Fsp3) is 0.533. The average molecular weight is 247 g/mol. The van der Waals surface area contributed by atoms with Gasteiger partial charge >= 0.3 is 5.97 Å². The molecule has 1 saturated carbocycles. The summed E-state index contributed by atoms with van der Waals surface area (Å²) in [5, 5.41) is 9.55. The van der Waals surface area contributed by atoms with Crippen LogP contribution in [0, 0.1) is 25.2 Å². The van der Waals surface area contributed by atoms with Crippen molar-refractivity contribution in [3.63, 3.8) is 0 Å². The topological polar surface area (TPSA) is 63.3 Å². The van der Waals surface area contributed by atoms with Gasteiger partial charge in [-0.25, -0.2) is 0 Å². The van der Waals surface area contributed by atoms with Crippen LogP contribution in [0.1, 0.15) is 29.5 Å². The van der Waals surface area contributed by atoms with Crippen LogP contribution in [0.3, 0.4) is 0 Å². The van der Waals surface area contributed by atoms with E-state index in [2.05, 4.69) is 18.2 Å². The number of aliphatic carboxylic acids is 1. The Balaban J connectivity index is 2.31. The highest BCUT2D eigenvalue weighted by molar-refractivity contribution is 5.76. The molecular weight excluding hydrogens is 226 g/mol. The van der Waals surface area contributed by atoms with E-state index in [0.717, 1.165) is 18.4 Å². The van der Waals surface area contributed by atoms with E-state index in [1.54, 1.807) is 0 Å². The molecule has 18 heavy (non-hydrogen) atoms. The molecule has 1 aromatic carbocycles. The summed E-state index contributed by atoms with van der Waals surface area (Å²) in [5.74, 6) is -0.493. The third-order valence-corrected chi connectivity index (χ3v) is 3.95. The molecule has 0 radical (unpaired) electrons. The van der Waals surface area contributed by atoms with Crippen LogP contribution in [0.4, 0.5) is 0 Å². The van der Waals surface area contributed by atoms with E-state index in [0.29, 0.717) is 6.42 Å². The molecule has 1 aromatic rings. The lowest BCUT2D eigenvalue weighted by Crippen LogP contribution is -2.42. The molecule has 0 aromatic heterocycles. The van der Waals surface area contributed by atoms with Crippen molar-refractivity contribution in [2.45, 2.75) is 33.1 Å². The molecule has 1 fully saturated rings. The Bertz CT molecular complexity index is 445. The van der Waals surface area contributed by atoms with Gasteiger partial charge in [0.15, 0.2) is 0 Å². The summed E-state index contributed by atoms with van der Waals surface area (Å²) in [7, 11) is 0. The molecule has 1 aliphatic carbocycles. The van der Waals surface area contributed by atoms with Crippen molar-refractivity contribution in [3.05, 3.63) is 34.9 Å². The molecule has 1 aliphatic rings. The monoisotopic (exact) mass is 247 g/mol. The quantitative estimate of drug-likeness (QED) is 0.839. The standard InChI is InChI=1S/C15H21NO2/c1-10-5-11(2)7-12(6-10)8-15(9-16,14(17)18)13-3-4-13/h5-7,13H,3-4,8-9,16H2,1-2H3,(H,17,18). The van der Waals surface area contributed by atoms with Gasteiger partial charge in [0.2, 0.25) is 0 Å².